The summed E-state index contributed by atoms with van der Waals surface area (Å²) in [6.07, 6.45) is 5.29. The summed E-state index contributed by atoms with van der Waals surface area (Å²) in [4.78, 5) is 32.9. The van der Waals surface area contributed by atoms with Crippen molar-refractivity contribution in [2.75, 3.05) is 31.0 Å². The minimum Gasteiger partial charge on any atom is -0.363 e. The van der Waals surface area contributed by atoms with E-state index in [2.05, 4.69) is 27.7 Å². The first-order valence-corrected chi connectivity index (χ1v) is 7.95. The van der Waals surface area contributed by atoms with Gasteiger partial charge in [-0.1, -0.05) is 26.2 Å². The van der Waals surface area contributed by atoms with Crippen LogP contribution in [0.4, 0.5) is 11.8 Å². The Hall–Kier alpha value is -2.42. The van der Waals surface area contributed by atoms with Gasteiger partial charge in [0.15, 0.2) is 0 Å². The molecule has 1 heterocycles. The number of unbranched alkanes of at least 4 members (excludes halogenated alkanes) is 2. The molecular weight excluding hydrogens is 312 g/mol. The van der Waals surface area contributed by atoms with Gasteiger partial charge in [0.25, 0.3) is 0 Å². The van der Waals surface area contributed by atoms with E-state index >= 15 is 0 Å². The lowest BCUT2D eigenvalue weighted by Crippen LogP contribution is -2.40. The minimum absolute atomic E-state index is 0.0562. The molecule has 0 saturated heterocycles. The van der Waals surface area contributed by atoms with E-state index in [1.54, 1.807) is 12.3 Å². The van der Waals surface area contributed by atoms with E-state index in [9.17, 15) is 14.8 Å². The van der Waals surface area contributed by atoms with Crippen LogP contribution in [-0.4, -0.2) is 53.2 Å². The number of hydrogen-bond acceptors (Lipinski definition) is 7. The van der Waals surface area contributed by atoms with Gasteiger partial charge in [0, 0.05) is 20.3 Å². The number of carbonyl (C=O) groups is 2. The molecule has 9 nitrogen and oxygen atoms in total. The number of hydroxylamine groups is 2. The van der Waals surface area contributed by atoms with Crippen molar-refractivity contribution in [1.82, 2.24) is 20.5 Å². The molecule has 1 unspecified atom stereocenters. The van der Waals surface area contributed by atoms with Crippen molar-refractivity contribution in [3.8, 4) is 0 Å². The summed E-state index contributed by atoms with van der Waals surface area (Å²) in [6.45, 7) is 2.01. The quantitative estimate of drug-likeness (QED) is 0.239. The van der Waals surface area contributed by atoms with E-state index in [1.165, 1.54) is 0 Å². The van der Waals surface area contributed by atoms with E-state index in [0.29, 0.717) is 17.3 Å². The van der Waals surface area contributed by atoms with Gasteiger partial charge < -0.3 is 4.90 Å². The molecule has 2 amide bonds. The molecule has 1 aromatic heterocycles. The van der Waals surface area contributed by atoms with Crippen LogP contribution in [0.1, 0.15) is 32.6 Å². The van der Waals surface area contributed by atoms with Gasteiger partial charge in [-0.3, -0.25) is 25.6 Å². The normalized spacial score (nSPS) is 11.5. The standard InChI is InChI=1S/C15H26N6O3/c1-4-5-6-7-12(10-21(24)11-22)14(23)18-19-15-16-9-8-13(17-15)20(2)3/h8-9,11-12,24H,4-7,10H2,1-3H3,(H,18,23)(H,16,17,19). The van der Waals surface area contributed by atoms with E-state index in [-0.39, 0.29) is 24.8 Å². The Morgan fingerprint density at radius 2 is 2.17 bits per heavy atom. The van der Waals surface area contributed by atoms with E-state index in [0.717, 1.165) is 19.3 Å². The number of nitrogens with zero attached hydrogens (tertiary/aromatic N) is 4. The average molecular weight is 338 g/mol. The number of rotatable bonds is 11. The van der Waals surface area contributed by atoms with Crippen LogP contribution < -0.4 is 15.8 Å². The number of nitrogens with one attached hydrogen (secondary N) is 2. The fourth-order valence-corrected chi connectivity index (χ4v) is 2.09. The molecule has 9 heteroatoms. The number of hydrogen-bond donors (Lipinski definition) is 3. The van der Waals surface area contributed by atoms with Crippen LogP contribution in [-0.2, 0) is 9.59 Å². The maximum absolute atomic E-state index is 12.3. The lowest BCUT2D eigenvalue weighted by atomic mass is 10.0. The van der Waals surface area contributed by atoms with Crippen LogP contribution in [0.5, 0.6) is 0 Å². The Morgan fingerprint density at radius 3 is 2.79 bits per heavy atom. The number of amides is 2. The van der Waals surface area contributed by atoms with Gasteiger partial charge in [-0.25, -0.2) is 10.0 Å². The lowest BCUT2D eigenvalue weighted by Gasteiger charge is -2.20. The van der Waals surface area contributed by atoms with Gasteiger partial charge in [0.05, 0.1) is 12.5 Å². The van der Waals surface area contributed by atoms with Crippen LogP contribution in [0.2, 0.25) is 0 Å². The fraction of sp³-hybridized carbons (Fsp3) is 0.600. The third kappa shape index (κ3) is 6.78. The van der Waals surface area contributed by atoms with Crippen molar-refractivity contribution in [3.05, 3.63) is 12.3 Å². The monoisotopic (exact) mass is 338 g/mol. The Kier molecular flexibility index (Phi) is 8.48. The third-order valence-corrected chi connectivity index (χ3v) is 3.45. The smallest absolute Gasteiger partial charge is 0.243 e. The highest BCUT2D eigenvalue weighted by Crippen LogP contribution is 2.12. The molecule has 0 aromatic carbocycles. The van der Waals surface area contributed by atoms with Crippen LogP contribution >= 0.6 is 0 Å². The minimum atomic E-state index is -0.517. The second-order valence-electron chi connectivity index (χ2n) is 5.67. The zero-order chi connectivity index (χ0) is 17.9. The molecule has 0 bridgehead atoms. The highest BCUT2D eigenvalue weighted by atomic mass is 16.5. The van der Waals surface area contributed by atoms with Crippen molar-refractivity contribution in [1.29, 1.82) is 0 Å². The van der Waals surface area contributed by atoms with Gasteiger partial charge in [-0.2, -0.15) is 4.98 Å². The zero-order valence-corrected chi connectivity index (χ0v) is 14.4. The highest BCUT2D eigenvalue weighted by Gasteiger charge is 2.20. The Bertz CT molecular complexity index is 526. The molecule has 0 aliphatic rings. The zero-order valence-electron chi connectivity index (χ0n) is 14.4. The summed E-state index contributed by atoms with van der Waals surface area (Å²) in [7, 11) is 3.70. The number of carbonyl (C=O) groups excluding carboxylic acids is 2. The number of aromatic nitrogens is 2. The Morgan fingerprint density at radius 1 is 1.42 bits per heavy atom. The summed E-state index contributed by atoms with van der Waals surface area (Å²) in [5, 5.41) is 9.84. The molecule has 0 aliphatic carbocycles. The molecule has 1 aromatic rings. The molecule has 134 valence electrons. The van der Waals surface area contributed by atoms with E-state index in [1.807, 2.05) is 19.0 Å². The van der Waals surface area contributed by atoms with Crippen molar-refractivity contribution < 1.29 is 14.8 Å². The Labute approximate surface area is 142 Å². The van der Waals surface area contributed by atoms with Crippen LogP contribution in [0.15, 0.2) is 12.3 Å². The predicted molar refractivity (Wildman–Crippen MR) is 90.3 cm³/mol. The van der Waals surface area contributed by atoms with Crippen LogP contribution in [0.25, 0.3) is 0 Å². The summed E-state index contributed by atoms with van der Waals surface area (Å²) in [5.74, 6) is 0.115. The van der Waals surface area contributed by atoms with Gasteiger partial charge in [-0.15, -0.1) is 0 Å². The molecule has 0 spiro atoms. The van der Waals surface area contributed by atoms with Gasteiger partial charge >= 0.3 is 0 Å². The molecular formula is C15H26N6O3. The molecule has 0 radical (unpaired) electrons. The average Bonchev–Trinajstić information content (AvgIpc) is 2.58. The second-order valence-corrected chi connectivity index (χ2v) is 5.67. The maximum atomic E-state index is 12.3. The largest absolute Gasteiger partial charge is 0.363 e. The van der Waals surface area contributed by atoms with Gasteiger partial charge in [-0.05, 0) is 12.5 Å². The second kappa shape index (κ2) is 10.4. The van der Waals surface area contributed by atoms with Crippen LogP contribution in [0, 0.1) is 5.92 Å². The fourth-order valence-electron chi connectivity index (χ4n) is 2.09. The third-order valence-electron chi connectivity index (χ3n) is 3.45. The van der Waals surface area contributed by atoms with E-state index < -0.39 is 5.92 Å². The first-order chi connectivity index (χ1) is 11.5. The molecule has 3 N–H and O–H groups in total. The van der Waals surface area contributed by atoms with Crippen molar-refractivity contribution in [2.45, 2.75) is 32.6 Å². The summed E-state index contributed by atoms with van der Waals surface area (Å²) in [5.41, 5.74) is 5.20. The topological polar surface area (TPSA) is 111 Å². The molecule has 0 fully saturated rings. The highest BCUT2D eigenvalue weighted by molar-refractivity contribution is 5.80. The lowest BCUT2D eigenvalue weighted by molar-refractivity contribution is -0.154. The summed E-state index contributed by atoms with van der Waals surface area (Å²) < 4.78 is 0. The molecule has 1 atom stereocenters. The van der Waals surface area contributed by atoms with Crippen molar-refractivity contribution in [2.24, 2.45) is 5.92 Å². The van der Waals surface area contributed by atoms with E-state index in [4.69, 9.17) is 0 Å². The predicted octanol–water partition coefficient (Wildman–Crippen LogP) is 1.03. The SMILES string of the molecule is CCCCCC(CN(O)C=O)C(=O)NNc1nccc(N(C)C)n1. The molecule has 0 saturated carbocycles. The summed E-state index contributed by atoms with van der Waals surface area (Å²) in [6, 6.07) is 1.74. The molecule has 0 aliphatic heterocycles. The maximum Gasteiger partial charge on any atom is 0.243 e. The van der Waals surface area contributed by atoms with Crippen LogP contribution in [0.3, 0.4) is 0 Å². The molecule has 24 heavy (non-hydrogen) atoms. The summed E-state index contributed by atoms with van der Waals surface area (Å²) >= 11 is 0. The van der Waals surface area contributed by atoms with Gasteiger partial charge in [0.1, 0.15) is 5.82 Å². The Balaban J connectivity index is 2.62. The van der Waals surface area contributed by atoms with Crippen molar-refractivity contribution >= 4 is 24.1 Å². The molecule has 1 rings (SSSR count). The van der Waals surface area contributed by atoms with Gasteiger partial charge in [0.2, 0.25) is 18.3 Å². The number of hydrazine groups is 1. The van der Waals surface area contributed by atoms with Crippen molar-refractivity contribution in [3.63, 3.8) is 0 Å². The first kappa shape index (κ1) is 19.6. The number of anilines is 2. The first-order valence-electron chi connectivity index (χ1n) is 7.95.